The molecule has 1 aliphatic rings. The van der Waals surface area contributed by atoms with Crippen molar-refractivity contribution in [3.05, 3.63) is 48.0 Å². The van der Waals surface area contributed by atoms with E-state index in [2.05, 4.69) is 15.6 Å². The highest BCUT2D eigenvalue weighted by molar-refractivity contribution is 6.09. The fourth-order valence-corrected chi connectivity index (χ4v) is 3.20. The van der Waals surface area contributed by atoms with Gasteiger partial charge < -0.3 is 9.88 Å². The van der Waals surface area contributed by atoms with E-state index in [0.29, 0.717) is 11.3 Å². The molecule has 2 heterocycles. The van der Waals surface area contributed by atoms with Gasteiger partial charge in [-0.1, -0.05) is 25.5 Å². The monoisotopic (exact) mass is 369 g/mol. The topological polar surface area (TPSA) is 96.3 Å². The number of imidazole rings is 1. The summed E-state index contributed by atoms with van der Waals surface area (Å²) in [4.78, 5) is 42.4. The van der Waals surface area contributed by atoms with Crippen LogP contribution in [0.4, 0.5) is 10.5 Å². The molecule has 8 heteroatoms. The van der Waals surface area contributed by atoms with Crippen molar-refractivity contribution >= 4 is 23.5 Å². The van der Waals surface area contributed by atoms with E-state index in [1.165, 1.54) is 4.90 Å². The summed E-state index contributed by atoms with van der Waals surface area (Å²) in [5.74, 6) is 0.191. The third-order valence-electron chi connectivity index (χ3n) is 4.55. The lowest BCUT2D eigenvalue weighted by Gasteiger charge is -2.28. The summed E-state index contributed by atoms with van der Waals surface area (Å²) in [6, 6.07) is 6.16. The smallest absolute Gasteiger partial charge is 0.328 e. The van der Waals surface area contributed by atoms with Gasteiger partial charge in [-0.15, -0.1) is 0 Å². The zero-order valence-corrected chi connectivity index (χ0v) is 15.4. The minimum atomic E-state index is -0.513. The number of carbonyl (C=O) groups is 3. The van der Waals surface area contributed by atoms with Gasteiger partial charge >= 0.3 is 6.03 Å². The van der Waals surface area contributed by atoms with Crippen LogP contribution in [0.1, 0.15) is 48.4 Å². The van der Waals surface area contributed by atoms with Gasteiger partial charge in [0.25, 0.3) is 5.91 Å². The third kappa shape index (κ3) is 3.99. The van der Waals surface area contributed by atoms with E-state index in [4.69, 9.17) is 0 Å². The van der Waals surface area contributed by atoms with Crippen LogP contribution >= 0.6 is 0 Å². The predicted molar refractivity (Wildman–Crippen MR) is 100 cm³/mol. The van der Waals surface area contributed by atoms with Gasteiger partial charge in [-0.25, -0.2) is 9.78 Å². The van der Waals surface area contributed by atoms with Crippen LogP contribution in [-0.4, -0.2) is 33.9 Å². The molecule has 0 bridgehead atoms. The van der Waals surface area contributed by atoms with E-state index < -0.39 is 6.03 Å². The van der Waals surface area contributed by atoms with E-state index in [-0.39, 0.29) is 30.8 Å². The normalized spacial score (nSPS) is 15.4. The Labute approximate surface area is 157 Å². The molecular formula is C19H23N5O3. The van der Waals surface area contributed by atoms with E-state index in [1.54, 1.807) is 30.5 Å². The lowest BCUT2D eigenvalue weighted by atomic mass is 10.1. The summed E-state index contributed by atoms with van der Waals surface area (Å²) in [6.45, 7) is 2.29. The van der Waals surface area contributed by atoms with Crippen molar-refractivity contribution in [2.24, 2.45) is 7.05 Å². The minimum Gasteiger partial charge on any atom is -0.342 e. The molecule has 8 nitrogen and oxygen atoms in total. The molecule has 0 radical (unpaired) electrons. The van der Waals surface area contributed by atoms with E-state index in [0.717, 1.165) is 18.7 Å². The summed E-state index contributed by atoms with van der Waals surface area (Å²) >= 11 is 0. The molecular weight excluding hydrogens is 346 g/mol. The molecule has 1 aromatic heterocycles. The molecule has 1 aromatic carbocycles. The molecule has 4 amide bonds. The molecule has 0 saturated carbocycles. The van der Waals surface area contributed by atoms with Gasteiger partial charge in [0, 0.05) is 32.4 Å². The van der Waals surface area contributed by atoms with Crippen molar-refractivity contribution in [1.29, 1.82) is 0 Å². The molecule has 1 atom stereocenters. The van der Waals surface area contributed by atoms with Crippen molar-refractivity contribution in [3.63, 3.8) is 0 Å². The van der Waals surface area contributed by atoms with Crippen LogP contribution in [0.15, 0.2) is 36.7 Å². The first-order valence-electron chi connectivity index (χ1n) is 8.99. The zero-order valence-electron chi connectivity index (χ0n) is 15.4. The number of nitrogens with zero attached hydrogens (tertiary/aromatic N) is 3. The van der Waals surface area contributed by atoms with E-state index in [1.807, 2.05) is 24.7 Å². The maximum atomic E-state index is 13.0. The molecule has 3 rings (SSSR count). The van der Waals surface area contributed by atoms with Gasteiger partial charge in [0.05, 0.1) is 17.3 Å². The first-order valence-corrected chi connectivity index (χ1v) is 8.99. The number of hydrogen-bond acceptors (Lipinski definition) is 4. The molecule has 2 aromatic rings. The Balaban J connectivity index is 1.85. The fourth-order valence-electron chi connectivity index (χ4n) is 3.20. The van der Waals surface area contributed by atoms with Crippen LogP contribution in [0.3, 0.4) is 0 Å². The van der Waals surface area contributed by atoms with Gasteiger partial charge in [-0.05, 0) is 18.6 Å². The Morgan fingerprint density at radius 1 is 1.33 bits per heavy atom. The quantitative estimate of drug-likeness (QED) is 0.815. The highest BCUT2D eigenvalue weighted by atomic mass is 16.2. The summed E-state index contributed by atoms with van der Waals surface area (Å²) in [5, 5.41) is 5.32. The standard InChI is InChI=1S/C19H23N5O3/c1-3-6-14(17-20-10-12-23(17)2)21-18(26)13-7-4-5-8-15(13)24-11-9-16(25)22-19(24)27/h4-5,7-8,10,12,14H,3,6,9,11H2,1-2H3,(H,21,26)(H,22,25,27)/t14-/m1/s1. The third-order valence-corrected chi connectivity index (χ3v) is 4.55. The SMILES string of the molecule is CCC[C@@H](NC(=O)c1ccccc1N1CCC(=O)NC1=O)c1nccn1C. The predicted octanol–water partition coefficient (Wildman–Crippen LogP) is 2.14. The number of imide groups is 1. The Bertz CT molecular complexity index is 861. The van der Waals surface area contributed by atoms with Gasteiger partial charge in [0.2, 0.25) is 5.91 Å². The summed E-state index contributed by atoms with van der Waals surface area (Å²) in [6.07, 6.45) is 5.38. The maximum absolute atomic E-state index is 13.0. The van der Waals surface area contributed by atoms with E-state index in [9.17, 15) is 14.4 Å². The second-order valence-electron chi connectivity index (χ2n) is 6.48. The molecule has 2 N–H and O–H groups in total. The van der Waals surface area contributed by atoms with Crippen molar-refractivity contribution in [2.75, 3.05) is 11.4 Å². The largest absolute Gasteiger partial charge is 0.342 e. The summed E-state index contributed by atoms with van der Waals surface area (Å²) < 4.78 is 1.89. The number of anilines is 1. The van der Waals surface area contributed by atoms with Crippen molar-refractivity contribution in [3.8, 4) is 0 Å². The van der Waals surface area contributed by atoms with Crippen LogP contribution in [-0.2, 0) is 11.8 Å². The summed E-state index contributed by atoms with van der Waals surface area (Å²) in [5.41, 5.74) is 0.868. The molecule has 27 heavy (non-hydrogen) atoms. The first kappa shape index (κ1) is 18.6. The second kappa shape index (κ2) is 8.03. The number of urea groups is 1. The van der Waals surface area contributed by atoms with Crippen LogP contribution in [0.2, 0.25) is 0 Å². The number of amides is 4. The van der Waals surface area contributed by atoms with Crippen molar-refractivity contribution in [2.45, 2.75) is 32.2 Å². The van der Waals surface area contributed by atoms with Gasteiger partial charge in [0.1, 0.15) is 5.82 Å². The Kier molecular flexibility index (Phi) is 5.54. The lowest BCUT2D eigenvalue weighted by Crippen LogP contribution is -2.50. The molecule has 0 unspecified atom stereocenters. The van der Waals surface area contributed by atoms with Crippen LogP contribution in [0, 0.1) is 0 Å². The maximum Gasteiger partial charge on any atom is 0.328 e. The molecule has 1 aliphatic heterocycles. The second-order valence-corrected chi connectivity index (χ2v) is 6.48. The number of aryl methyl sites for hydroxylation is 1. The minimum absolute atomic E-state index is 0.202. The fraction of sp³-hybridized carbons (Fsp3) is 0.368. The van der Waals surface area contributed by atoms with Crippen LogP contribution in [0.5, 0.6) is 0 Å². The Morgan fingerprint density at radius 3 is 2.78 bits per heavy atom. The van der Waals surface area contributed by atoms with Crippen LogP contribution in [0.25, 0.3) is 0 Å². The highest BCUT2D eigenvalue weighted by Gasteiger charge is 2.28. The number of para-hydroxylation sites is 1. The molecule has 142 valence electrons. The number of aromatic nitrogens is 2. The number of hydrogen-bond donors (Lipinski definition) is 2. The number of rotatable bonds is 6. The molecule has 1 fully saturated rings. The van der Waals surface area contributed by atoms with Crippen molar-refractivity contribution < 1.29 is 14.4 Å². The average Bonchev–Trinajstić information content (AvgIpc) is 3.07. The van der Waals surface area contributed by atoms with E-state index >= 15 is 0 Å². The number of benzene rings is 1. The van der Waals surface area contributed by atoms with Gasteiger partial charge in [-0.2, -0.15) is 0 Å². The van der Waals surface area contributed by atoms with Crippen molar-refractivity contribution in [1.82, 2.24) is 20.2 Å². The van der Waals surface area contributed by atoms with Gasteiger partial charge in [0.15, 0.2) is 0 Å². The number of nitrogens with one attached hydrogen (secondary N) is 2. The lowest BCUT2D eigenvalue weighted by molar-refractivity contribution is -0.120. The molecule has 0 spiro atoms. The average molecular weight is 369 g/mol. The van der Waals surface area contributed by atoms with Crippen LogP contribution < -0.4 is 15.5 Å². The zero-order chi connectivity index (χ0) is 19.4. The molecule has 0 aliphatic carbocycles. The molecule has 1 saturated heterocycles. The summed E-state index contributed by atoms with van der Waals surface area (Å²) in [7, 11) is 1.89. The number of carbonyl (C=O) groups excluding carboxylic acids is 3. The Morgan fingerprint density at radius 2 is 2.11 bits per heavy atom. The van der Waals surface area contributed by atoms with Gasteiger partial charge in [-0.3, -0.25) is 19.8 Å². The highest BCUT2D eigenvalue weighted by Crippen LogP contribution is 2.24. The first-order chi connectivity index (χ1) is 13.0. The Hall–Kier alpha value is -3.16.